The molecule has 0 saturated heterocycles. The minimum absolute atomic E-state index is 0.0378. The van der Waals surface area contributed by atoms with Crippen LogP contribution >= 0.6 is 0 Å². The van der Waals surface area contributed by atoms with Crippen molar-refractivity contribution in [2.45, 2.75) is 33.1 Å². The van der Waals surface area contributed by atoms with Gasteiger partial charge in [0.25, 0.3) is 0 Å². The lowest BCUT2D eigenvalue weighted by molar-refractivity contribution is 0.590. The zero-order chi connectivity index (χ0) is 11.2. The van der Waals surface area contributed by atoms with Gasteiger partial charge in [0.05, 0.1) is 0 Å². The quantitative estimate of drug-likeness (QED) is 0.671. The second kappa shape index (κ2) is 3.09. The molecule has 0 aliphatic carbocycles. The number of halogens is 1. The van der Waals surface area contributed by atoms with Crippen LogP contribution in [0.5, 0.6) is 0 Å². The first-order valence-corrected chi connectivity index (χ1v) is 5.18. The Bertz CT molecular complexity index is 503. The molecule has 0 fully saturated rings. The van der Waals surface area contributed by atoms with Crippen molar-refractivity contribution >= 4 is 10.9 Å². The zero-order valence-electron chi connectivity index (χ0n) is 9.61. The van der Waals surface area contributed by atoms with Crippen LogP contribution < -0.4 is 0 Å². The van der Waals surface area contributed by atoms with Crippen molar-refractivity contribution in [3.63, 3.8) is 0 Å². The Morgan fingerprint density at radius 3 is 2.47 bits per heavy atom. The summed E-state index contributed by atoms with van der Waals surface area (Å²) >= 11 is 0. The third-order valence-corrected chi connectivity index (χ3v) is 2.70. The number of nitrogens with one attached hydrogen (secondary N) is 1. The average molecular weight is 205 g/mol. The minimum atomic E-state index is -0.174. The molecule has 1 aromatic carbocycles. The number of benzene rings is 1. The molecule has 0 spiro atoms. The van der Waals surface area contributed by atoms with Crippen LogP contribution in [0.1, 0.15) is 32.0 Å². The van der Waals surface area contributed by atoms with Gasteiger partial charge in [-0.1, -0.05) is 20.8 Å². The number of aromatic nitrogens is 1. The molecular weight excluding hydrogens is 189 g/mol. The van der Waals surface area contributed by atoms with Crippen LogP contribution in [0.3, 0.4) is 0 Å². The van der Waals surface area contributed by atoms with E-state index in [0.717, 1.165) is 16.6 Å². The van der Waals surface area contributed by atoms with Crippen molar-refractivity contribution in [3.8, 4) is 0 Å². The first-order chi connectivity index (χ1) is 6.89. The van der Waals surface area contributed by atoms with Gasteiger partial charge < -0.3 is 4.98 Å². The molecule has 15 heavy (non-hydrogen) atoms. The number of rotatable bonds is 0. The van der Waals surface area contributed by atoms with Crippen molar-refractivity contribution in [1.29, 1.82) is 0 Å². The van der Waals surface area contributed by atoms with Gasteiger partial charge in [0.1, 0.15) is 5.82 Å². The lowest BCUT2D eigenvalue weighted by Crippen LogP contribution is -2.11. The molecule has 0 amide bonds. The van der Waals surface area contributed by atoms with Crippen molar-refractivity contribution in [2.75, 3.05) is 0 Å². The number of hydrogen-bond donors (Lipinski definition) is 1. The maximum absolute atomic E-state index is 13.2. The fourth-order valence-electron chi connectivity index (χ4n) is 2.27. The largest absolute Gasteiger partial charge is 0.358 e. The van der Waals surface area contributed by atoms with E-state index in [9.17, 15) is 4.39 Å². The van der Waals surface area contributed by atoms with Crippen LogP contribution in [0.2, 0.25) is 0 Å². The van der Waals surface area contributed by atoms with E-state index >= 15 is 0 Å². The van der Waals surface area contributed by atoms with E-state index in [1.807, 2.05) is 6.92 Å². The van der Waals surface area contributed by atoms with Crippen molar-refractivity contribution < 1.29 is 4.39 Å². The summed E-state index contributed by atoms with van der Waals surface area (Å²) < 4.78 is 13.2. The van der Waals surface area contributed by atoms with E-state index in [-0.39, 0.29) is 11.2 Å². The van der Waals surface area contributed by atoms with Gasteiger partial charge in [-0.05, 0) is 36.1 Å². The lowest BCUT2D eigenvalue weighted by Gasteiger charge is -2.19. The van der Waals surface area contributed by atoms with Crippen molar-refractivity contribution in [1.82, 2.24) is 4.98 Å². The molecule has 2 heteroatoms. The van der Waals surface area contributed by atoms with Gasteiger partial charge in [-0.25, -0.2) is 4.39 Å². The highest BCUT2D eigenvalue weighted by Crippen LogP contribution is 2.33. The summed E-state index contributed by atoms with van der Waals surface area (Å²) in [6.07, 6.45) is 0. The Morgan fingerprint density at radius 2 is 1.87 bits per heavy atom. The molecular formula is C13H16FN. The molecule has 80 valence electrons. The van der Waals surface area contributed by atoms with Crippen LogP contribution in [0.25, 0.3) is 10.9 Å². The number of aromatic amines is 1. The highest BCUT2D eigenvalue weighted by molar-refractivity contribution is 5.85. The molecule has 0 atom stereocenters. The van der Waals surface area contributed by atoms with E-state index in [1.165, 1.54) is 11.6 Å². The number of aryl methyl sites for hydroxylation is 1. The second-order valence-electron chi connectivity index (χ2n) is 5.06. The van der Waals surface area contributed by atoms with Crippen molar-refractivity contribution in [2.24, 2.45) is 0 Å². The first kappa shape index (κ1) is 10.2. The molecule has 2 aromatic rings. The number of H-pyrrole nitrogens is 1. The molecule has 1 aromatic heterocycles. The summed E-state index contributed by atoms with van der Waals surface area (Å²) in [6.45, 7) is 8.48. The molecule has 0 aliphatic heterocycles. The van der Waals surface area contributed by atoms with E-state index in [4.69, 9.17) is 0 Å². The van der Waals surface area contributed by atoms with Crippen LogP contribution in [0.4, 0.5) is 4.39 Å². The fraction of sp³-hybridized carbons (Fsp3) is 0.385. The van der Waals surface area contributed by atoms with Gasteiger partial charge in [0.15, 0.2) is 0 Å². The third kappa shape index (κ3) is 1.65. The molecule has 1 nitrogen and oxygen atoms in total. The minimum Gasteiger partial charge on any atom is -0.358 e. The summed E-state index contributed by atoms with van der Waals surface area (Å²) in [5.74, 6) is -0.174. The SMILES string of the molecule is Cc1[nH]c2ccc(F)cc2c1C(C)(C)C. The lowest BCUT2D eigenvalue weighted by atomic mass is 9.85. The summed E-state index contributed by atoms with van der Waals surface area (Å²) in [5, 5.41) is 1.00. The number of hydrogen-bond acceptors (Lipinski definition) is 0. The average Bonchev–Trinajstić information content (AvgIpc) is 2.38. The Hall–Kier alpha value is -1.31. The van der Waals surface area contributed by atoms with Gasteiger partial charge in [-0.15, -0.1) is 0 Å². The Labute approximate surface area is 89.3 Å². The monoisotopic (exact) mass is 205 g/mol. The van der Waals surface area contributed by atoms with E-state index in [0.29, 0.717) is 0 Å². The summed E-state index contributed by atoms with van der Waals surface area (Å²) in [7, 11) is 0. The normalized spacial score (nSPS) is 12.3. The Balaban J connectivity index is 2.82. The molecule has 0 saturated carbocycles. The predicted molar refractivity (Wildman–Crippen MR) is 61.7 cm³/mol. The van der Waals surface area contributed by atoms with Crippen molar-refractivity contribution in [3.05, 3.63) is 35.3 Å². The maximum atomic E-state index is 13.2. The number of fused-ring (bicyclic) bond motifs is 1. The Kier molecular flexibility index (Phi) is 2.10. The summed E-state index contributed by atoms with van der Waals surface area (Å²) in [5.41, 5.74) is 3.38. The van der Waals surface area contributed by atoms with Gasteiger partial charge in [0.2, 0.25) is 0 Å². The first-order valence-electron chi connectivity index (χ1n) is 5.18. The molecule has 1 heterocycles. The molecule has 0 unspecified atom stereocenters. The van der Waals surface area contributed by atoms with E-state index in [2.05, 4.69) is 25.8 Å². The van der Waals surface area contributed by atoms with Crippen LogP contribution in [0, 0.1) is 12.7 Å². The standard InChI is InChI=1S/C13H16FN/c1-8-12(13(2,3)4)10-7-9(14)5-6-11(10)15-8/h5-7,15H,1-4H3. The second-order valence-corrected chi connectivity index (χ2v) is 5.06. The predicted octanol–water partition coefficient (Wildman–Crippen LogP) is 3.91. The van der Waals surface area contributed by atoms with E-state index < -0.39 is 0 Å². The van der Waals surface area contributed by atoms with Crippen LogP contribution in [-0.4, -0.2) is 4.98 Å². The molecule has 0 aliphatic rings. The highest BCUT2D eigenvalue weighted by atomic mass is 19.1. The highest BCUT2D eigenvalue weighted by Gasteiger charge is 2.21. The van der Waals surface area contributed by atoms with Gasteiger partial charge >= 0.3 is 0 Å². The smallest absolute Gasteiger partial charge is 0.123 e. The topological polar surface area (TPSA) is 15.8 Å². The van der Waals surface area contributed by atoms with Gasteiger partial charge in [-0.3, -0.25) is 0 Å². The summed E-state index contributed by atoms with van der Waals surface area (Å²) in [4.78, 5) is 3.29. The third-order valence-electron chi connectivity index (χ3n) is 2.70. The molecule has 0 bridgehead atoms. The maximum Gasteiger partial charge on any atom is 0.123 e. The molecule has 1 N–H and O–H groups in total. The Morgan fingerprint density at radius 1 is 1.20 bits per heavy atom. The van der Waals surface area contributed by atoms with Crippen LogP contribution in [0.15, 0.2) is 18.2 Å². The zero-order valence-corrected chi connectivity index (χ0v) is 9.61. The van der Waals surface area contributed by atoms with Gasteiger partial charge in [0, 0.05) is 16.6 Å². The van der Waals surface area contributed by atoms with Crippen LogP contribution in [-0.2, 0) is 5.41 Å². The van der Waals surface area contributed by atoms with Gasteiger partial charge in [-0.2, -0.15) is 0 Å². The molecule has 2 rings (SSSR count). The fourth-order valence-corrected chi connectivity index (χ4v) is 2.27. The van der Waals surface area contributed by atoms with E-state index in [1.54, 1.807) is 12.1 Å². The summed E-state index contributed by atoms with van der Waals surface area (Å²) in [6, 6.07) is 4.90. The molecule has 0 radical (unpaired) electrons.